The molecule has 1 aromatic carbocycles. The molecule has 3 heterocycles. The second-order valence-electron chi connectivity index (χ2n) is 7.41. The Morgan fingerprint density at radius 2 is 1.85 bits per heavy atom. The summed E-state index contributed by atoms with van der Waals surface area (Å²) in [6, 6.07) is 11.1. The summed E-state index contributed by atoms with van der Waals surface area (Å²) in [5.41, 5.74) is 1.12. The molecule has 0 saturated carbocycles. The molecule has 178 valence electrons. The van der Waals surface area contributed by atoms with Crippen LogP contribution in [0.4, 0.5) is 5.69 Å². The van der Waals surface area contributed by atoms with Crippen molar-refractivity contribution < 1.29 is 27.5 Å². The van der Waals surface area contributed by atoms with E-state index in [0.29, 0.717) is 43.5 Å². The van der Waals surface area contributed by atoms with Crippen molar-refractivity contribution in [2.45, 2.75) is 11.8 Å². The highest BCUT2D eigenvalue weighted by atomic mass is 32.2. The van der Waals surface area contributed by atoms with E-state index in [-0.39, 0.29) is 10.5 Å². The highest BCUT2D eigenvalue weighted by Crippen LogP contribution is 2.19. The van der Waals surface area contributed by atoms with E-state index in [0.717, 1.165) is 0 Å². The van der Waals surface area contributed by atoms with Crippen LogP contribution >= 0.6 is 0 Å². The number of sulfonamides is 1. The lowest BCUT2D eigenvalue weighted by Gasteiger charge is -2.26. The van der Waals surface area contributed by atoms with E-state index in [1.807, 2.05) is 0 Å². The molecule has 0 unspecified atom stereocenters. The van der Waals surface area contributed by atoms with Crippen LogP contribution in [0.1, 0.15) is 16.1 Å². The van der Waals surface area contributed by atoms with Gasteiger partial charge in [0.1, 0.15) is 5.56 Å². The number of carbonyl (C=O) groups is 2. The fourth-order valence-electron chi connectivity index (χ4n) is 3.37. The zero-order valence-corrected chi connectivity index (χ0v) is 19.2. The molecule has 0 aliphatic carbocycles. The molecule has 0 spiro atoms. The minimum absolute atomic E-state index is 0.124. The van der Waals surface area contributed by atoms with Gasteiger partial charge in [0.05, 0.1) is 30.0 Å². The molecule has 1 aliphatic heterocycles. The van der Waals surface area contributed by atoms with Gasteiger partial charge in [-0.05, 0) is 43.3 Å². The van der Waals surface area contributed by atoms with Gasteiger partial charge in [-0.3, -0.25) is 4.79 Å². The Hall–Kier alpha value is -3.61. The van der Waals surface area contributed by atoms with Gasteiger partial charge < -0.3 is 14.8 Å². The first-order valence-corrected chi connectivity index (χ1v) is 11.9. The third kappa shape index (κ3) is 5.14. The summed E-state index contributed by atoms with van der Waals surface area (Å²) >= 11 is 0. The van der Waals surface area contributed by atoms with Crippen molar-refractivity contribution in [3.05, 3.63) is 66.1 Å². The van der Waals surface area contributed by atoms with Crippen LogP contribution in [0.2, 0.25) is 0 Å². The number of carbonyl (C=O) groups excluding carboxylic acids is 2. The molecule has 3 aromatic rings. The first-order valence-electron chi connectivity index (χ1n) is 10.5. The summed E-state index contributed by atoms with van der Waals surface area (Å²) in [4.78, 5) is 29.0. The number of rotatable bonds is 7. The Kier molecular flexibility index (Phi) is 7.01. The Morgan fingerprint density at radius 1 is 1.12 bits per heavy atom. The van der Waals surface area contributed by atoms with Crippen molar-refractivity contribution in [3.8, 4) is 5.82 Å². The van der Waals surface area contributed by atoms with E-state index in [1.54, 1.807) is 31.3 Å². The Balaban J connectivity index is 1.33. The molecule has 1 saturated heterocycles. The summed E-state index contributed by atoms with van der Waals surface area (Å²) in [6.07, 6.45) is 2.97. The maximum Gasteiger partial charge on any atom is 0.342 e. The van der Waals surface area contributed by atoms with Gasteiger partial charge in [-0.25, -0.2) is 22.9 Å². The van der Waals surface area contributed by atoms with Gasteiger partial charge in [0.2, 0.25) is 10.0 Å². The van der Waals surface area contributed by atoms with E-state index in [2.05, 4.69) is 15.4 Å². The molecular weight excluding hydrogens is 462 g/mol. The van der Waals surface area contributed by atoms with Gasteiger partial charge in [0.25, 0.3) is 5.91 Å². The van der Waals surface area contributed by atoms with E-state index in [9.17, 15) is 18.0 Å². The number of benzene rings is 1. The van der Waals surface area contributed by atoms with E-state index >= 15 is 0 Å². The number of anilines is 1. The number of aromatic nitrogens is 3. The number of esters is 1. The van der Waals surface area contributed by atoms with Gasteiger partial charge in [-0.1, -0.05) is 6.07 Å². The quantitative estimate of drug-likeness (QED) is 0.497. The first kappa shape index (κ1) is 23.5. The van der Waals surface area contributed by atoms with Crippen LogP contribution in [-0.4, -0.2) is 72.3 Å². The monoisotopic (exact) mass is 485 g/mol. The molecule has 34 heavy (non-hydrogen) atoms. The molecule has 0 atom stereocenters. The Bertz CT molecular complexity index is 1270. The normalized spacial score (nSPS) is 14.5. The van der Waals surface area contributed by atoms with Gasteiger partial charge in [0, 0.05) is 25.0 Å². The largest absolute Gasteiger partial charge is 0.452 e. The van der Waals surface area contributed by atoms with Crippen molar-refractivity contribution in [2.75, 3.05) is 38.2 Å². The standard InChI is InChI=1S/C22H23N5O6S/c1-16-19(14-24-27(16)20-4-2-3-9-23-20)22(29)33-15-21(28)25-17-5-7-18(8-6-17)34(30,31)26-10-12-32-13-11-26/h2-9,14H,10-13,15H2,1H3,(H,25,28). The number of nitrogens with zero attached hydrogens (tertiary/aromatic N) is 4. The lowest BCUT2D eigenvalue weighted by Crippen LogP contribution is -2.40. The van der Waals surface area contributed by atoms with Gasteiger partial charge in [-0.2, -0.15) is 9.40 Å². The molecule has 1 N–H and O–H groups in total. The highest BCUT2D eigenvalue weighted by Gasteiger charge is 2.26. The smallest absolute Gasteiger partial charge is 0.342 e. The number of hydrogen-bond donors (Lipinski definition) is 1. The molecule has 4 rings (SSSR count). The second-order valence-corrected chi connectivity index (χ2v) is 9.35. The predicted octanol–water partition coefficient (Wildman–Crippen LogP) is 1.39. The molecule has 1 amide bonds. The van der Waals surface area contributed by atoms with E-state index < -0.39 is 28.5 Å². The Labute approximate surface area is 196 Å². The molecule has 1 fully saturated rings. The zero-order chi connectivity index (χ0) is 24.1. The number of ether oxygens (including phenoxy) is 2. The molecule has 2 aromatic heterocycles. The van der Waals surface area contributed by atoms with Crippen LogP contribution in [0.5, 0.6) is 0 Å². The number of nitrogens with one attached hydrogen (secondary N) is 1. The van der Waals surface area contributed by atoms with E-state index in [4.69, 9.17) is 9.47 Å². The van der Waals surface area contributed by atoms with Crippen molar-refractivity contribution >= 4 is 27.6 Å². The summed E-state index contributed by atoms with van der Waals surface area (Å²) in [5.74, 6) is -0.704. The van der Waals surface area contributed by atoms with Crippen molar-refractivity contribution in [1.82, 2.24) is 19.1 Å². The third-order valence-electron chi connectivity index (χ3n) is 5.18. The van der Waals surface area contributed by atoms with Crippen LogP contribution < -0.4 is 5.32 Å². The lowest BCUT2D eigenvalue weighted by atomic mass is 10.2. The van der Waals surface area contributed by atoms with Crippen LogP contribution in [0.25, 0.3) is 5.82 Å². The molecular formula is C22H23N5O6S. The predicted molar refractivity (Wildman–Crippen MR) is 121 cm³/mol. The van der Waals surface area contributed by atoms with Crippen LogP contribution in [0.15, 0.2) is 59.8 Å². The summed E-state index contributed by atoms with van der Waals surface area (Å²) in [7, 11) is -3.62. The average Bonchev–Trinajstić information content (AvgIpc) is 3.25. The van der Waals surface area contributed by atoms with Crippen LogP contribution in [-0.2, 0) is 24.3 Å². The van der Waals surface area contributed by atoms with Crippen molar-refractivity contribution in [2.24, 2.45) is 0 Å². The lowest BCUT2D eigenvalue weighted by molar-refractivity contribution is -0.119. The summed E-state index contributed by atoms with van der Waals surface area (Å²) in [5, 5.41) is 6.73. The van der Waals surface area contributed by atoms with Gasteiger partial charge >= 0.3 is 5.97 Å². The minimum Gasteiger partial charge on any atom is -0.452 e. The highest BCUT2D eigenvalue weighted by molar-refractivity contribution is 7.89. The number of hydrogen-bond acceptors (Lipinski definition) is 8. The molecule has 1 aliphatic rings. The topological polar surface area (TPSA) is 133 Å². The van der Waals surface area contributed by atoms with Crippen LogP contribution in [0, 0.1) is 6.92 Å². The Morgan fingerprint density at radius 3 is 2.53 bits per heavy atom. The van der Waals surface area contributed by atoms with Gasteiger partial charge in [-0.15, -0.1) is 0 Å². The fraction of sp³-hybridized carbons (Fsp3) is 0.273. The zero-order valence-electron chi connectivity index (χ0n) is 18.4. The van der Waals surface area contributed by atoms with Crippen molar-refractivity contribution in [3.63, 3.8) is 0 Å². The second kappa shape index (κ2) is 10.1. The number of morpholine rings is 1. The molecule has 0 bridgehead atoms. The number of pyridine rings is 1. The summed E-state index contributed by atoms with van der Waals surface area (Å²) < 4.78 is 38.5. The van der Waals surface area contributed by atoms with E-state index in [1.165, 1.54) is 39.4 Å². The summed E-state index contributed by atoms with van der Waals surface area (Å²) in [6.45, 7) is 2.50. The average molecular weight is 486 g/mol. The van der Waals surface area contributed by atoms with Crippen LogP contribution in [0.3, 0.4) is 0 Å². The van der Waals surface area contributed by atoms with Gasteiger partial charge in [0.15, 0.2) is 12.4 Å². The van der Waals surface area contributed by atoms with Crippen molar-refractivity contribution in [1.29, 1.82) is 0 Å². The maximum atomic E-state index is 12.7. The SMILES string of the molecule is Cc1c(C(=O)OCC(=O)Nc2ccc(S(=O)(=O)N3CCOCC3)cc2)cnn1-c1ccccn1. The maximum absolute atomic E-state index is 12.7. The number of amides is 1. The first-order chi connectivity index (χ1) is 16.4. The molecule has 12 heteroatoms. The fourth-order valence-corrected chi connectivity index (χ4v) is 4.78. The minimum atomic E-state index is -3.62. The molecule has 11 nitrogen and oxygen atoms in total. The third-order valence-corrected chi connectivity index (χ3v) is 7.09. The molecule has 0 radical (unpaired) electrons.